The van der Waals surface area contributed by atoms with Crippen LogP contribution in [-0.4, -0.2) is 0 Å². The maximum atomic E-state index is 5.87. The standard InChI is InChI=1S/C17H17NO2/c1-12-4-2-3-5-16(12)19-10-14-11-20-17-7-6-13(9-18)8-15(14)17/h2-8,11H,9-10,18H2,1H3. The highest BCUT2D eigenvalue weighted by atomic mass is 16.5. The predicted molar refractivity (Wildman–Crippen MR) is 79.6 cm³/mol. The fraction of sp³-hybridized carbons (Fsp3) is 0.176. The molecule has 0 amide bonds. The quantitative estimate of drug-likeness (QED) is 0.782. The molecule has 0 radical (unpaired) electrons. The van der Waals surface area contributed by atoms with Gasteiger partial charge in [0.25, 0.3) is 0 Å². The number of hydrogen-bond donors (Lipinski definition) is 1. The van der Waals surface area contributed by atoms with Crippen LogP contribution in [0, 0.1) is 6.92 Å². The fourth-order valence-corrected chi connectivity index (χ4v) is 2.24. The second-order valence-corrected chi connectivity index (χ2v) is 4.85. The SMILES string of the molecule is Cc1ccccc1OCc1coc2ccc(CN)cc12. The van der Waals surface area contributed by atoms with Crippen LogP contribution in [0.1, 0.15) is 16.7 Å². The summed E-state index contributed by atoms with van der Waals surface area (Å²) < 4.78 is 11.4. The minimum atomic E-state index is 0.492. The molecular formula is C17H17NO2. The number of aryl methyl sites for hydroxylation is 1. The maximum Gasteiger partial charge on any atom is 0.134 e. The number of ether oxygens (including phenoxy) is 1. The third-order valence-electron chi connectivity index (χ3n) is 3.43. The van der Waals surface area contributed by atoms with E-state index in [2.05, 4.69) is 6.07 Å². The lowest BCUT2D eigenvalue weighted by molar-refractivity contribution is 0.304. The second kappa shape index (κ2) is 5.39. The summed E-state index contributed by atoms with van der Waals surface area (Å²) in [6.45, 7) is 3.06. The zero-order chi connectivity index (χ0) is 13.9. The minimum Gasteiger partial charge on any atom is -0.488 e. The second-order valence-electron chi connectivity index (χ2n) is 4.85. The van der Waals surface area contributed by atoms with E-state index in [9.17, 15) is 0 Å². The smallest absolute Gasteiger partial charge is 0.134 e. The molecule has 0 aliphatic heterocycles. The molecule has 0 aliphatic carbocycles. The van der Waals surface area contributed by atoms with Gasteiger partial charge in [0.15, 0.2) is 0 Å². The molecule has 0 saturated carbocycles. The summed E-state index contributed by atoms with van der Waals surface area (Å²) in [5, 5.41) is 1.07. The van der Waals surface area contributed by atoms with Gasteiger partial charge in [-0.3, -0.25) is 0 Å². The Labute approximate surface area is 118 Å². The van der Waals surface area contributed by atoms with E-state index in [1.165, 1.54) is 0 Å². The summed E-state index contributed by atoms with van der Waals surface area (Å²) in [6, 6.07) is 14.0. The molecule has 0 atom stereocenters. The highest BCUT2D eigenvalue weighted by Gasteiger charge is 2.08. The molecule has 20 heavy (non-hydrogen) atoms. The topological polar surface area (TPSA) is 48.4 Å². The van der Waals surface area contributed by atoms with Gasteiger partial charge in [0.1, 0.15) is 17.9 Å². The maximum absolute atomic E-state index is 5.87. The highest BCUT2D eigenvalue weighted by molar-refractivity contribution is 5.81. The van der Waals surface area contributed by atoms with Crippen molar-refractivity contribution in [2.45, 2.75) is 20.1 Å². The van der Waals surface area contributed by atoms with Crippen molar-refractivity contribution in [2.24, 2.45) is 5.73 Å². The fourth-order valence-electron chi connectivity index (χ4n) is 2.24. The summed E-state index contributed by atoms with van der Waals surface area (Å²) in [4.78, 5) is 0. The van der Waals surface area contributed by atoms with Crippen molar-refractivity contribution in [3.8, 4) is 5.75 Å². The first kappa shape index (κ1) is 12.8. The highest BCUT2D eigenvalue weighted by Crippen LogP contribution is 2.25. The number of hydrogen-bond acceptors (Lipinski definition) is 3. The van der Waals surface area contributed by atoms with Gasteiger partial charge in [-0.2, -0.15) is 0 Å². The van der Waals surface area contributed by atoms with E-state index in [1.807, 2.05) is 43.3 Å². The molecular weight excluding hydrogens is 250 g/mol. The van der Waals surface area contributed by atoms with Crippen molar-refractivity contribution in [3.05, 3.63) is 65.4 Å². The molecule has 0 fully saturated rings. The van der Waals surface area contributed by atoms with Gasteiger partial charge in [0.05, 0.1) is 6.26 Å². The third kappa shape index (κ3) is 2.40. The molecule has 3 rings (SSSR count). The Morgan fingerprint density at radius 3 is 2.80 bits per heavy atom. The van der Waals surface area contributed by atoms with Crippen molar-refractivity contribution in [3.63, 3.8) is 0 Å². The van der Waals surface area contributed by atoms with Crippen LogP contribution in [-0.2, 0) is 13.2 Å². The third-order valence-corrected chi connectivity index (χ3v) is 3.43. The van der Waals surface area contributed by atoms with Crippen LogP contribution in [0.25, 0.3) is 11.0 Å². The zero-order valence-corrected chi connectivity index (χ0v) is 11.4. The van der Waals surface area contributed by atoms with Crippen molar-refractivity contribution < 1.29 is 9.15 Å². The lowest BCUT2D eigenvalue weighted by Crippen LogP contribution is -1.97. The van der Waals surface area contributed by atoms with Crippen molar-refractivity contribution in [1.82, 2.24) is 0 Å². The number of rotatable bonds is 4. The summed E-state index contributed by atoms with van der Waals surface area (Å²) in [5.41, 5.74) is 9.81. The zero-order valence-electron chi connectivity index (χ0n) is 11.4. The van der Waals surface area contributed by atoms with E-state index < -0.39 is 0 Å². The lowest BCUT2D eigenvalue weighted by Gasteiger charge is -2.07. The van der Waals surface area contributed by atoms with E-state index in [4.69, 9.17) is 14.9 Å². The van der Waals surface area contributed by atoms with Crippen LogP contribution in [0.15, 0.2) is 53.1 Å². The van der Waals surface area contributed by atoms with Crippen molar-refractivity contribution in [1.29, 1.82) is 0 Å². The summed E-state index contributed by atoms with van der Waals surface area (Å²) in [7, 11) is 0. The van der Waals surface area contributed by atoms with Gasteiger partial charge >= 0.3 is 0 Å². The van der Waals surface area contributed by atoms with Gasteiger partial charge < -0.3 is 14.9 Å². The summed E-state index contributed by atoms with van der Waals surface area (Å²) >= 11 is 0. The van der Waals surface area contributed by atoms with Crippen molar-refractivity contribution in [2.75, 3.05) is 0 Å². The van der Waals surface area contributed by atoms with E-state index in [0.29, 0.717) is 13.2 Å². The molecule has 3 heteroatoms. The summed E-state index contributed by atoms with van der Waals surface area (Å²) in [5.74, 6) is 0.900. The van der Waals surface area contributed by atoms with Crippen LogP contribution < -0.4 is 10.5 Å². The van der Waals surface area contributed by atoms with Gasteiger partial charge in [0.2, 0.25) is 0 Å². The monoisotopic (exact) mass is 267 g/mol. The van der Waals surface area contributed by atoms with Gasteiger partial charge in [-0.25, -0.2) is 0 Å². The number of benzene rings is 2. The summed E-state index contributed by atoms with van der Waals surface area (Å²) in [6.07, 6.45) is 1.75. The Morgan fingerprint density at radius 1 is 1.15 bits per heavy atom. The largest absolute Gasteiger partial charge is 0.488 e. The van der Waals surface area contributed by atoms with E-state index >= 15 is 0 Å². The van der Waals surface area contributed by atoms with E-state index in [1.54, 1.807) is 6.26 Å². The molecule has 0 spiro atoms. The normalized spacial score (nSPS) is 10.9. The van der Waals surface area contributed by atoms with Crippen LogP contribution in [0.3, 0.4) is 0 Å². The minimum absolute atomic E-state index is 0.492. The van der Waals surface area contributed by atoms with E-state index in [0.717, 1.165) is 33.4 Å². The molecule has 1 aromatic heterocycles. The average molecular weight is 267 g/mol. The average Bonchev–Trinajstić information content (AvgIpc) is 2.88. The van der Waals surface area contributed by atoms with Gasteiger partial charge in [-0.05, 0) is 36.2 Å². The van der Waals surface area contributed by atoms with Gasteiger partial charge in [0, 0.05) is 17.5 Å². The number of nitrogens with two attached hydrogens (primary N) is 1. The van der Waals surface area contributed by atoms with Crippen LogP contribution in [0.4, 0.5) is 0 Å². The molecule has 0 unspecified atom stereocenters. The van der Waals surface area contributed by atoms with Crippen LogP contribution in [0.2, 0.25) is 0 Å². The Bertz CT molecular complexity index is 731. The first-order chi connectivity index (χ1) is 9.78. The molecule has 2 aromatic carbocycles. The Morgan fingerprint density at radius 2 is 2.00 bits per heavy atom. The van der Waals surface area contributed by atoms with Crippen molar-refractivity contribution >= 4 is 11.0 Å². The lowest BCUT2D eigenvalue weighted by atomic mass is 10.1. The number of furan rings is 1. The van der Waals surface area contributed by atoms with Crippen LogP contribution >= 0.6 is 0 Å². The number of fused-ring (bicyclic) bond motifs is 1. The Hall–Kier alpha value is -2.26. The number of para-hydroxylation sites is 1. The van der Waals surface area contributed by atoms with Gasteiger partial charge in [-0.1, -0.05) is 24.3 Å². The Kier molecular flexibility index (Phi) is 3.44. The van der Waals surface area contributed by atoms with E-state index in [-0.39, 0.29) is 0 Å². The Balaban J connectivity index is 1.86. The molecule has 2 N–H and O–H groups in total. The molecule has 0 aliphatic rings. The predicted octanol–water partition coefficient (Wildman–Crippen LogP) is 3.78. The molecule has 3 nitrogen and oxygen atoms in total. The molecule has 3 aromatic rings. The molecule has 102 valence electrons. The van der Waals surface area contributed by atoms with Gasteiger partial charge in [-0.15, -0.1) is 0 Å². The molecule has 0 bridgehead atoms. The molecule has 1 heterocycles. The first-order valence-corrected chi connectivity index (χ1v) is 6.65. The molecule has 0 saturated heterocycles. The first-order valence-electron chi connectivity index (χ1n) is 6.65. The van der Waals surface area contributed by atoms with Crippen LogP contribution in [0.5, 0.6) is 5.75 Å².